The Morgan fingerprint density at radius 1 is 1.23 bits per heavy atom. The number of hydrogen-bond acceptors (Lipinski definition) is 2. The average molecular weight is 199 g/mol. The SMILES string of the molecule is CCC(CC)C(C#N)SC(C)(C)C. The van der Waals surface area contributed by atoms with Crippen LogP contribution in [0.1, 0.15) is 47.5 Å². The lowest BCUT2D eigenvalue weighted by molar-refractivity contribution is 0.512. The Bertz CT molecular complexity index is 172. The van der Waals surface area contributed by atoms with Crippen LogP contribution in [0.15, 0.2) is 0 Å². The molecule has 0 amide bonds. The van der Waals surface area contributed by atoms with Gasteiger partial charge >= 0.3 is 0 Å². The van der Waals surface area contributed by atoms with E-state index >= 15 is 0 Å². The Hall–Kier alpha value is -0.160. The summed E-state index contributed by atoms with van der Waals surface area (Å²) in [5.74, 6) is 0.550. The molecule has 0 rings (SSSR count). The lowest BCUT2D eigenvalue weighted by atomic mass is 10.00. The quantitative estimate of drug-likeness (QED) is 0.686. The molecule has 13 heavy (non-hydrogen) atoms. The molecule has 0 aliphatic carbocycles. The van der Waals surface area contributed by atoms with Crippen molar-refractivity contribution >= 4 is 11.8 Å². The summed E-state index contributed by atoms with van der Waals surface area (Å²) in [6.45, 7) is 10.8. The lowest BCUT2D eigenvalue weighted by Crippen LogP contribution is -2.21. The van der Waals surface area contributed by atoms with Crippen LogP contribution in [0.4, 0.5) is 0 Å². The van der Waals surface area contributed by atoms with Crippen molar-refractivity contribution in [3.63, 3.8) is 0 Å². The molecule has 1 nitrogen and oxygen atoms in total. The fourth-order valence-corrected chi connectivity index (χ4v) is 2.72. The van der Waals surface area contributed by atoms with Gasteiger partial charge in [-0.15, -0.1) is 11.8 Å². The summed E-state index contributed by atoms with van der Waals surface area (Å²) >= 11 is 1.80. The molecule has 2 heteroatoms. The third-order valence-corrected chi connectivity index (χ3v) is 3.54. The van der Waals surface area contributed by atoms with Crippen LogP contribution in [0.25, 0.3) is 0 Å². The molecule has 0 saturated heterocycles. The van der Waals surface area contributed by atoms with Crippen LogP contribution < -0.4 is 0 Å². The van der Waals surface area contributed by atoms with Crippen LogP contribution in [-0.4, -0.2) is 10.00 Å². The average Bonchev–Trinajstić information content (AvgIpc) is 2.02. The summed E-state index contributed by atoms with van der Waals surface area (Å²) in [5.41, 5.74) is 0. The fraction of sp³-hybridized carbons (Fsp3) is 0.909. The van der Waals surface area contributed by atoms with Crippen molar-refractivity contribution < 1.29 is 0 Å². The highest BCUT2D eigenvalue weighted by molar-refractivity contribution is 8.01. The van der Waals surface area contributed by atoms with E-state index in [1.54, 1.807) is 11.8 Å². The maximum atomic E-state index is 9.05. The van der Waals surface area contributed by atoms with Crippen molar-refractivity contribution in [2.75, 3.05) is 0 Å². The number of nitrogens with zero attached hydrogens (tertiary/aromatic N) is 1. The van der Waals surface area contributed by atoms with Gasteiger partial charge in [-0.3, -0.25) is 0 Å². The van der Waals surface area contributed by atoms with Gasteiger partial charge in [0.25, 0.3) is 0 Å². The molecule has 0 aromatic carbocycles. The first-order chi connectivity index (χ1) is 5.94. The third kappa shape index (κ3) is 5.21. The zero-order valence-electron chi connectivity index (χ0n) is 9.42. The van der Waals surface area contributed by atoms with Crippen molar-refractivity contribution in [1.29, 1.82) is 5.26 Å². The molecule has 0 aliphatic heterocycles. The van der Waals surface area contributed by atoms with Crippen LogP contribution in [0, 0.1) is 17.2 Å². The van der Waals surface area contributed by atoms with Crippen LogP contribution in [0.2, 0.25) is 0 Å². The van der Waals surface area contributed by atoms with E-state index in [0.29, 0.717) is 5.92 Å². The Morgan fingerprint density at radius 2 is 1.69 bits per heavy atom. The van der Waals surface area contributed by atoms with Crippen LogP contribution >= 0.6 is 11.8 Å². The minimum atomic E-state index is 0.162. The van der Waals surface area contributed by atoms with Gasteiger partial charge in [0.05, 0.1) is 11.3 Å². The van der Waals surface area contributed by atoms with Crippen molar-refractivity contribution in [3.8, 4) is 6.07 Å². The van der Waals surface area contributed by atoms with Crippen molar-refractivity contribution in [2.24, 2.45) is 5.92 Å². The van der Waals surface area contributed by atoms with E-state index in [-0.39, 0.29) is 10.00 Å². The van der Waals surface area contributed by atoms with Gasteiger partial charge in [-0.05, 0) is 5.92 Å². The first kappa shape index (κ1) is 12.8. The fourth-order valence-electron chi connectivity index (χ4n) is 1.33. The predicted octanol–water partition coefficient (Wildman–Crippen LogP) is 3.85. The Balaban J connectivity index is 4.26. The molecule has 0 radical (unpaired) electrons. The molecular formula is C11H21NS. The van der Waals surface area contributed by atoms with Crippen LogP contribution in [0.3, 0.4) is 0 Å². The van der Waals surface area contributed by atoms with Gasteiger partial charge in [-0.2, -0.15) is 5.26 Å². The summed E-state index contributed by atoms with van der Waals surface area (Å²) in [6.07, 6.45) is 2.22. The predicted molar refractivity (Wildman–Crippen MR) is 60.8 cm³/mol. The highest BCUT2D eigenvalue weighted by Gasteiger charge is 2.24. The normalized spacial score (nSPS) is 14.2. The molecule has 0 aliphatic rings. The van der Waals surface area contributed by atoms with E-state index < -0.39 is 0 Å². The summed E-state index contributed by atoms with van der Waals surface area (Å²) in [5, 5.41) is 9.21. The summed E-state index contributed by atoms with van der Waals surface area (Å²) < 4.78 is 0.197. The summed E-state index contributed by atoms with van der Waals surface area (Å²) in [6, 6.07) is 2.42. The van der Waals surface area contributed by atoms with Gasteiger partial charge in [-0.25, -0.2) is 0 Å². The molecule has 76 valence electrons. The molecule has 0 spiro atoms. The lowest BCUT2D eigenvalue weighted by Gasteiger charge is -2.26. The Morgan fingerprint density at radius 3 is 1.92 bits per heavy atom. The second-order valence-corrected chi connectivity index (χ2v) is 6.32. The topological polar surface area (TPSA) is 23.8 Å². The molecule has 0 bridgehead atoms. The van der Waals surface area contributed by atoms with Gasteiger partial charge in [0.1, 0.15) is 0 Å². The van der Waals surface area contributed by atoms with E-state index in [2.05, 4.69) is 40.7 Å². The maximum absolute atomic E-state index is 9.05. The highest BCUT2D eigenvalue weighted by Crippen LogP contribution is 2.34. The van der Waals surface area contributed by atoms with E-state index in [0.717, 1.165) is 12.8 Å². The number of thioether (sulfide) groups is 1. The van der Waals surface area contributed by atoms with Crippen LogP contribution in [0.5, 0.6) is 0 Å². The van der Waals surface area contributed by atoms with Gasteiger partial charge in [0.2, 0.25) is 0 Å². The zero-order chi connectivity index (χ0) is 10.5. The Kier molecular flexibility index (Phi) is 5.48. The van der Waals surface area contributed by atoms with E-state index in [1.165, 1.54) is 0 Å². The van der Waals surface area contributed by atoms with Crippen molar-refractivity contribution in [2.45, 2.75) is 57.5 Å². The third-order valence-electron chi connectivity index (χ3n) is 2.08. The number of rotatable bonds is 4. The molecule has 1 atom stereocenters. The molecule has 0 aromatic heterocycles. The molecule has 0 saturated carbocycles. The Labute approximate surface area is 86.9 Å². The first-order valence-corrected chi connectivity index (χ1v) is 5.90. The maximum Gasteiger partial charge on any atom is 0.0949 e. The van der Waals surface area contributed by atoms with E-state index in [9.17, 15) is 0 Å². The largest absolute Gasteiger partial charge is 0.197 e. The summed E-state index contributed by atoms with van der Waals surface area (Å²) in [4.78, 5) is 0. The molecule has 0 heterocycles. The molecule has 0 aromatic rings. The molecular weight excluding hydrogens is 178 g/mol. The van der Waals surface area contributed by atoms with E-state index in [4.69, 9.17) is 5.26 Å². The second-order valence-electron chi connectivity index (χ2n) is 4.36. The number of hydrogen-bond donors (Lipinski definition) is 0. The smallest absolute Gasteiger partial charge is 0.0949 e. The highest BCUT2D eigenvalue weighted by atomic mass is 32.2. The van der Waals surface area contributed by atoms with Gasteiger partial charge in [-0.1, -0.05) is 47.5 Å². The van der Waals surface area contributed by atoms with Gasteiger partial charge in [0.15, 0.2) is 0 Å². The molecule has 0 fully saturated rings. The van der Waals surface area contributed by atoms with Crippen molar-refractivity contribution in [3.05, 3.63) is 0 Å². The number of nitriles is 1. The first-order valence-electron chi connectivity index (χ1n) is 5.02. The van der Waals surface area contributed by atoms with Crippen molar-refractivity contribution in [1.82, 2.24) is 0 Å². The minimum Gasteiger partial charge on any atom is -0.197 e. The molecule has 0 N–H and O–H groups in total. The monoisotopic (exact) mass is 199 g/mol. The zero-order valence-corrected chi connectivity index (χ0v) is 10.2. The standard InChI is InChI=1S/C11H21NS/c1-6-9(7-2)10(8-12)13-11(3,4)5/h9-10H,6-7H2,1-5H3. The second kappa shape index (κ2) is 5.54. The minimum absolute atomic E-state index is 0.162. The van der Waals surface area contributed by atoms with E-state index in [1.807, 2.05) is 0 Å². The van der Waals surface area contributed by atoms with Gasteiger partial charge in [0, 0.05) is 4.75 Å². The van der Waals surface area contributed by atoms with Gasteiger partial charge < -0.3 is 0 Å². The van der Waals surface area contributed by atoms with Crippen LogP contribution in [-0.2, 0) is 0 Å². The molecule has 1 unspecified atom stereocenters. The summed E-state index contributed by atoms with van der Waals surface area (Å²) in [7, 11) is 0.